The Kier molecular flexibility index (Phi) is 8.78. The summed E-state index contributed by atoms with van der Waals surface area (Å²) in [6, 6.07) is 12.3. The van der Waals surface area contributed by atoms with E-state index in [-0.39, 0.29) is 64.8 Å². The molecule has 0 atom stereocenters. The lowest BCUT2D eigenvalue weighted by molar-refractivity contribution is -0.0493. The first-order valence-electron chi connectivity index (χ1n) is 14.7. The van der Waals surface area contributed by atoms with Crippen LogP contribution in [0.1, 0.15) is 34.5 Å². The average molecular weight is 687 g/mol. The molecule has 3 heterocycles. The molecule has 0 amide bonds. The summed E-state index contributed by atoms with van der Waals surface area (Å²) in [5.41, 5.74) is 7.26. The number of hydrogen-bond acceptors (Lipinski definition) is 8. The summed E-state index contributed by atoms with van der Waals surface area (Å²) in [5, 5.41) is 7.71. The number of carbonyl (C=O) groups excluding carboxylic acids is 1. The number of aryl methyl sites for hydroxylation is 1. The van der Waals surface area contributed by atoms with E-state index < -0.39 is 34.1 Å². The Balaban J connectivity index is 1.26. The number of nitrogens with two attached hydrogens (primary N) is 1. The van der Waals surface area contributed by atoms with Gasteiger partial charge in [-0.05, 0) is 61.7 Å². The molecule has 16 heteroatoms. The minimum Gasteiger partial charge on any atom is -0.454 e. The Labute approximate surface area is 272 Å². The molecule has 0 unspecified atom stereocenters. The van der Waals surface area contributed by atoms with Crippen LogP contribution in [0.3, 0.4) is 0 Å². The average Bonchev–Trinajstić information content (AvgIpc) is 3.60. The SMILES string of the molecule is Cc1cc(Oc2ccccc2F)cc(F)c1-n1ncc(C(=O)c2cc3cc(OC(F)F)c(NC4CCN(S(C)(=O)=O)CC4)cc3[nH]2)c1N. The number of nitrogens with one attached hydrogen (secondary N) is 2. The van der Waals surface area contributed by atoms with Crippen LogP contribution in [0.15, 0.2) is 60.8 Å². The third kappa shape index (κ3) is 6.66. The number of benzene rings is 3. The number of nitrogens with zero attached hydrogens (tertiary/aromatic N) is 3. The first-order valence-corrected chi connectivity index (χ1v) is 16.6. The molecule has 1 aliphatic rings. The van der Waals surface area contributed by atoms with Crippen molar-refractivity contribution in [3.05, 3.63) is 89.2 Å². The normalized spacial score (nSPS) is 14.5. The van der Waals surface area contributed by atoms with Gasteiger partial charge in [0.15, 0.2) is 17.4 Å². The minimum atomic E-state index is -3.34. The number of aromatic amines is 1. The molecule has 1 saturated heterocycles. The van der Waals surface area contributed by atoms with E-state index in [1.165, 1.54) is 53.0 Å². The number of fused-ring (bicyclic) bond motifs is 1. The summed E-state index contributed by atoms with van der Waals surface area (Å²) < 4.78 is 92.5. The van der Waals surface area contributed by atoms with E-state index in [1.807, 2.05) is 0 Å². The van der Waals surface area contributed by atoms with Crippen molar-refractivity contribution >= 4 is 38.2 Å². The number of carbonyl (C=O) groups is 1. The summed E-state index contributed by atoms with van der Waals surface area (Å²) in [6.07, 6.45) is 3.21. The predicted octanol–water partition coefficient (Wildman–Crippen LogP) is 5.98. The number of hydrogen-bond donors (Lipinski definition) is 3. The molecule has 0 radical (unpaired) electrons. The molecule has 0 saturated carbocycles. The molecule has 3 aromatic carbocycles. The third-order valence-electron chi connectivity index (χ3n) is 8.02. The molecule has 252 valence electrons. The number of halogens is 4. The Bertz CT molecular complexity index is 2100. The maximum absolute atomic E-state index is 15.4. The van der Waals surface area contributed by atoms with Gasteiger partial charge in [-0.1, -0.05) is 12.1 Å². The smallest absolute Gasteiger partial charge is 0.387 e. The molecule has 11 nitrogen and oxygen atoms in total. The number of ketones is 1. The van der Waals surface area contributed by atoms with Gasteiger partial charge in [-0.2, -0.15) is 13.9 Å². The molecule has 0 aliphatic carbocycles. The van der Waals surface area contributed by atoms with Gasteiger partial charge in [0, 0.05) is 36.1 Å². The first kappa shape index (κ1) is 32.8. The number of alkyl halides is 2. The van der Waals surface area contributed by atoms with E-state index in [0.29, 0.717) is 29.3 Å². The third-order valence-corrected chi connectivity index (χ3v) is 9.32. The van der Waals surface area contributed by atoms with Crippen LogP contribution in [0, 0.1) is 18.6 Å². The minimum absolute atomic E-state index is 0.0439. The monoisotopic (exact) mass is 686 g/mol. The van der Waals surface area contributed by atoms with Crippen molar-refractivity contribution in [1.29, 1.82) is 0 Å². The summed E-state index contributed by atoms with van der Waals surface area (Å²) in [7, 11) is -3.34. The number of para-hydroxylation sites is 1. The van der Waals surface area contributed by atoms with Gasteiger partial charge in [0.1, 0.15) is 23.0 Å². The summed E-state index contributed by atoms with van der Waals surface area (Å²) in [6.45, 7) is -0.999. The number of ether oxygens (including phenoxy) is 2. The Morgan fingerprint density at radius 1 is 1.06 bits per heavy atom. The molecule has 0 bridgehead atoms. The maximum atomic E-state index is 15.4. The number of sulfonamides is 1. The largest absolute Gasteiger partial charge is 0.454 e. The Morgan fingerprint density at radius 3 is 2.46 bits per heavy atom. The van der Waals surface area contributed by atoms with Crippen molar-refractivity contribution in [2.45, 2.75) is 32.4 Å². The lowest BCUT2D eigenvalue weighted by Gasteiger charge is -2.31. The second-order valence-electron chi connectivity index (χ2n) is 11.4. The number of piperidine rings is 1. The van der Waals surface area contributed by atoms with Gasteiger partial charge in [-0.15, -0.1) is 0 Å². The molecular weight excluding hydrogens is 656 g/mol. The van der Waals surface area contributed by atoms with Gasteiger partial charge in [-0.3, -0.25) is 4.79 Å². The van der Waals surface area contributed by atoms with E-state index in [2.05, 4.69) is 15.4 Å². The topological polar surface area (TPSA) is 145 Å². The van der Waals surface area contributed by atoms with E-state index in [0.717, 1.165) is 17.0 Å². The summed E-state index contributed by atoms with van der Waals surface area (Å²) in [4.78, 5) is 16.6. The highest BCUT2D eigenvalue weighted by Gasteiger charge is 2.27. The fourth-order valence-electron chi connectivity index (χ4n) is 5.68. The molecular formula is C32H30F4N6O5S. The molecule has 5 aromatic rings. The standard InChI is InChI=1S/C32H30F4N6O5S/c1-17-11-20(46-27-6-4-3-5-22(27)33)14-23(34)29(17)42-31(37)21(16-38-42)30(43)26-12-18-13-28(47-32(35)36)25(15-24(18)40-26)39-19-7-9-41(10-8-19)48(2,44)45/h3-6,11-16,19,32,39-40H,7-10,37H2,1-2H3. The Hall–Kier alpha value is -5.09. The van der Waals surface area contributed by atoms with Gasteiger partial charge < -0.3 is 25.5 Å². The van der Waals surface area contributed by atoms with Crippen molar-refractivity contribution < 1.29 is 40.2 Å². The highest BCUT2D eigenvalue weighted by atomic mass is 32.2. The van der Waals surface area contributed by atoms with Crippen molar-refractivity contribution in [3.8, 4) is 22.9 Å². The van der Waals surface area contributed by atoms with Crippen molar-refractivity contribution in [2.24, 2.45) is 0 Å². The zero-order chi connectivity index (χ0) is 34.3. The Morgan fingerprint density at radius 2 is 1.79 bits per heavy atom. The van der Waals surface area contributed by atoms with E-state index in [1.54, 1.807) is 13.0 Å². The highest BCUT2D eigenvalue weighted by molar-refractivity contribution is 7.88. The molecule has 48 heavy (non-hydrogen) atoms. The predicted molar refractivity (Wildman–Crippen MR) is 171 cm³/mol. The van der Waals surface area contributed by atoms with Crippen LogP contribution in [-0.2, 0) is 10.0 Å². The van der Waals surface area contributed by atoms with Gasteiger partial charge in [-0.25, -0.2) is 26.2 Å². The number of nitrogen functional groups attached to an aromatic ring is 1. The van der Waals surface area contributed by atoms with E-state index in [4.69, 9.17) is 15.2 Å². The molecule has 6 rings (SSSR count). The number of H-pyrrole nitrogens is 1. The number of aromatic nitrogens is 3. The summed E-state index contributed by atoms with van der Waals surface area (Å²) >= 11 is 0. The van der Waals surface area contributed by atoms with E-state index in [9.17, 15) is 26.4 Å². The highest BCUT2D eigenvalue weighted by Crippen LogP contribution is 2.35. The molecule has 0 spiro atoms. The quantitative estimate of drug-likeness (QED) is 0.120. The van der Waals surface area contributed by atoms with Crippen LogP contribution in [0.2, 0.25) is 0 Å². The second kappa shape index (κ2) is 12.8. The van der Waals surface area contributed by atoms with Crippen molar-refractivity contribution in [3.63, 3.8) is 0 Å². The lowest BCUT2D eigenvalue weighted by atomic mass is 10.1. The molecule has 2 aromatic heterocycles. The molecule has 1 fully saturated rings. The zero-order valence-electron chi connectivity index (χ0n) is 25.6. The van der Waals surface area contributed by atoms with Crippen LogP contribution in [0.25, 0.3) is 16.6 Å². The first-order chi connectivity index (χ1) is 22.8. The zero-order valence-corrected chi connectivity index (χ0v) is 26.5. The molecule has 4 N–H and O–H groups in total. The fourth-order valence-corrected chi connectivity index (χ4v) is 6.56. The van der Waals surface area contributed by atoms with Crippen LogP contribution in [-0.4, -0.2) is 65.3 Å². The maximum Gasteiger partial charge on any atom is 0.387 e. The van der Waals surface area contributed by atoms with Gasteiger partial charge >= 0.3 is 6.61 Å². The lowest BCUT2D eigenvalue weighted by Crippen LogP contribution is -2.41. The van der Waals surface area contributed by atoms with Gasteiger partial charge in [0.2, 0.25) is 15.8 Å². The van der Waals surface area contributed by atoms with Crippen LogP contribution in [0.5, 0.6) is 17.2 Å². The second-order valence-corrected chi connectivity index (χ2v) is 13.3. The van der Waals surface area contributed by atoms with Gasteiger partial charge in [0.05, 0.1) is 29.4 Å². The van der Waals surface area contributed by atoms with Crippen LogP contribution in [0.4, 0.5) is 29.1 Å². The van der Waals surface area contributed by atoms with Crippen molar-refractivity contribution in [2.75, 3.05) is 30.4 Å². The molecule has 1 aliphatic heterocycles. The van der Waals surface area contributed by atoms with Crippen molar-refractivity contribution in [1.82, 2.24) is 19.1 Å². The number of rotatable bonds is 10. The van der Waals surface area contributed by atoms with Gasteiger partial charge in [0.25, 0.3) is 0 Å². The van der Waals surface area contributed by atoms with Crippen LogP contribution < -0.4 is 20.5 Å². The summed E-state index contributed by atoms with van der Waals surface area (Å²) in [5.74, 6) is -2.34. The van der Waals surface area contributed by atoms with E-state index >= 15 is 4.39 Å². The fraction of sp³-hybridized carbons (Fsp3) is 0.250. The number of anilines is 2. The van der Waals surface area contributed by atoms with Crippen LogP contribution >= 0.6 is 0 Å².